The summed E-state index contributed by atoms with van der Waals surface area (Å²) in [6.07, 6.45) is 0.540. The minimum Gasteiger partial charge on any atom is -0.331 e. The van der Waals surface area contributed by atoms with Crippen LogP contribution >= 0.6 is 0 Å². The quantitative estimate of drug-likeness (QED) is 0.541. The first-order chi connectivity index (χ1) is 3.81. The van der Waals surface area contributed by atoms with E-state index in [1.165, 1.54) is 0 Å². The van der Waals surface area contributed by atoms with Crippen LogP contribution in [0.5, 0.6) is 0 Å². The normalized spacial score (nSPS) is 13.4. The van der Waals surface area contributed by atoms with Crippen LogP contribution in [0.2, 0.25) is 12.1 Å². The Morgan fingerprint density at radius 3 is 2.75 bits per heavy atom. The summed E-state index contributed by atoms with van der Waals surface area (Å²) in [6.45, 7) is 2.35. The Kier molecular flexibility index (Phi) is 5.07. The van der Waals surface area contributed by atoms with Crippen molar-refractivity contribution in [3.8, 4) is 0 Å². The van der Waals surface area contributed by atoms with Gasteiger partial charge in [0.2, 0.25) is 0 Å². The molecule has 1 unspecified atom stereocenters. The van der Waals surface area contributed by atoms with E-state index in [-0.39, 0.29) is 6.67 Å². The molecule has 0 heterocycles. The molecule has 1 radical (unpaired) electrons. The summed E-state index contributed by atoms with van der Waals surface area (Å²) in [7, 11) is 1.90. The molecule has 0 amide bonds. The lowest BCUT2D eigenvalue weighted by atomic mass is 9.63. The first-order valence-corrected chi connectivity index (χ1v) is 2.90. The molecule has 2 N–H and O–H groups in total. The van der Waals surface area contributed by atoms with Crippen LogP contribution in [0, 0.1) is 0 Å². The summed E-state index contributed by atoms with van der Waals surface area (Å²) in [5.74, 6) is 0.366. The van der Waals surface area contributed by atoms with E-state index in [4.69, 9.17) is 5.73 Å². The van der Waals surface area contributed by atoms with Crippen LogP contribution in [0.1, 0.15) is 6.92 Å². The molecule has 1 nitrogen and oxygen atoms in total. The predicted octanol–water partition coefficient (Wildman–Crippen LogP) is 0.845. The van der Waals surface area contributed by atoms with Gasteiger partial charge in [-0.15, -0.1) is 0 Å². The fourth-order valence-electron chi connectivity index (χ4n) is 0.444. The Hall–Kier alpha value is -0.0451. The van der Waals surface area contributed by atoms with Gasteiger partial charge in [-0.25, -0.2) is 0 Å². The highest BCUT2D eigenvalue weighted by atomic mass is 19.1. The van der Waals surface area contributed by atoms with Crippen molar-refractivity contribution in [2.45, 2.75) is 19.1 Å². The van der Waals surface area contributed by atoms with E-state index >= 15 is 0 Å². The Labute approximate surface area is 50.7 Å². The summed E-state index contributed by atoms with van der Waals surface area (Å²) in [5.41, 5.74) is 5.26. The van der Waals surface area contributed by atoms with Gasteiger partial charge in [-0.1, -0.05) is 19.1 Å². The van der Waals surface area contributed by atoms with Crippen LogP contribution in [0.15, 0.2) is 0 Å². The third-order valence-electron chi connectivity index (χ3n) is 1.05. The SMILES string of the molecule is CC([B]CCF)CN. The summed E-state index contributed by atoms with van der Waals surface area (Å²) in [4.78, 5) is 0. The summed E-state index contributed by atoms with van der Waals surface area (Å²) >= 11 is 0. The van der Waals surface area contributed by atoms with E-state index in [0.29, 0.717) is 18.7 Å². The largest absolute Gasteiger partial charge is 0.331 e. The zero-order valence-electron chi connectivity index (χ0n) is 5.23. The number of halogens is 1. The first kappa shape index (κ1) is 7.95. The molecule has 0 spiro atoms. The average Bonchev–Trinajstić information content (AvgIpc) is 1.83. The third-order valence-corrected chi connectivity index (χ3v) is 1.05. The monoisotopic (exact) mass is 116 g/mol. The maximum atomic E-state index is 11.4. The molecule has 0 saturated heterocycles. The molecule has 0 aliphatic carbocycles. The second-order valence-electron chi connectivity index (χ2n) is 1.93. The molecule has 0 bridgehead atoms. The van der Waals surface area contributed by atoms with Crippen LogP contribution in [-0.2, 0) is 0 Å². The smallest absolute Gasteiger partial charge is 0.118 e. The molecule has 8 heavy (non-hydrogen) atoms. The van der Waals surface area contributed by atoms with E-state index in [1.54, 1.807) is 0 Å². The minimum atomic E-state index is -0.260. The van der Waals surface area contributed by atoms with Gasteiger partial charge >= 0.3 is 0 Å². The topological polar surface area (TPSA) is 26.0 Å². The van der Waals surface area contributed by atoms with E-state index in [0.717, 1.165) is 0 Å². The summed E-state index contributed by atoms with van der Waals surface area (Å²) < 4.78 is 11.4. The predicted molar refractivity (Wildman–Crippen MR) is 35.0 cm³/mol. The number of alkyl halides is 1. The van der Waals surface area contributed by atoms with Gasteiger partial charge in [0.25, 0.3) is 0 Å². The Bertz CT molecular complexity index is 51.7. The van der Waals surface area contributed by atoms with Crippen molar-refractivity contribution < 1.29 is 4.39 Å². The van der Waals surface area contributed by atoms with E-state index in [9.17, 15) is 4.39 Å². The molecular formula is C5H12BFN. The van der Waals surface area contributed by atoms with Gasteiger partial charge in [-0.3, -0.25) is 4.39 Å². The second-order valence-corrected chi connectivity index (χ2v) is 1.93. The highest BCUT2D eigenvalue weighted by molar-refractivity contribution is 6.37. The highest BCUT2D eigenvalue weighted by Crippen LogP contribution is 1.98. The number of hydrogen-bond donors (Lipinski definition) is 1. The molecule has 1 atom stereocenters. The molecule has 0 fully saturated rings. The molecule has 0 saturated carbocycles. The molecule has 47 valence electrons. The van der Waals surface area contributed by atoms with Gasteiger partial charge in [0.05, 0.1) is 6.67 Å². The zero-order valence-corrected chi connectivity index (χ0v) is 5.23. The average molecular weight is 116 g/mol. The van der Waals surface area contributed by atoms with Crippen molar-refractivity contribution in [1.29, 1.82) is 0 Å². The van der Waals surface area contributed by atoms with Crippen LogP contribution < -0.4 is 5.73 Å². The number of rotatable bonds is 4. The van der Waals surface area contributed by atoms with E-state index in [2.05, 4.69) is 0 Å². The van der Waals surface area contributed by atoms with Crippen molar-refractivity contribution in [3.05, 3.63) is 0 Å². The lowest BCUT2D eigenvalue weighted by molar-refractivity contribution is 0.524. The van der Waals surface area contributed by atoms with Crippen molar-refractivity contribution >= 4 is 7.28 Å². The molecule has 0 aromatic carbocycles. The van der Waals surface area contributed by atoms with Gasteiger partial charge in [0.15, 0.2) is 0 Å². The Balaban J connectivity index is 2.86. The second kappa shape index (κ2) is 5.10. The van der Waals surface area contributed by atoms with Gasteiger partial charge in [0, 0.05) is 0 Å². The molecule has 0 aromatic rings. The van der Waals surface area contributed by atoms with Crippen molar-refractivity contribution in [1.82, 2.24) is 0 Å². The minimum absolute atomic E-state index is 0.260. The molecule has 0 aliphatic rings. The van der Waals surface area contributed by atoms with Crippen molar-refractivity contribution in [3.63, 3.8) is 0 Å². The summed E-state index contributed by atoms with van der Waals surface area (Å²) in [6, 6.07) is 0. The van der Waals surface area contributed by atoms with Crippen molar-refractivity contribution in [2.24, 2.45) is 5.73 Å². The third kappa shape index (κ3) is 4.12. The maximum absolute atomic E-state index is 11.4. The lowest BCUT2D eigenvalue weighted by Gasteiger charge is -2.01. The van der Waals surface area contributed by atoms with Crippen LogP contribution in [0.4, 0.5) is 4.39 Å². The molecular weight excluding hydrogens is 104 g/mol. The van der Waals surface area contributed by atoms with Crippen LogP contribution in [-0.4, -0.2) is 20.5 Å². The molecule has 0 rings (SSSR count). The number of nitrogens with two attached hydrogens (primary N) is 1. The van der Waals surface area contributed by atoms with Gasteiger partial charge in [-0.2, -0.15) is 0 Å². The Morgan fingerprint density at radius 1 is 1.75 bits per heavy atom. The van der Waals surface area contributed by atoms with Gasteiger partial charge in [0.1, 0.15) is 7.28 Å². The van der Waals surface area contributed by atoms with Crippen molar-refractivity contribution in [2.75, 3.05) is 13.2 Å². The first-order valence-electron chi connectivity index (χ1n) is 2.90. The highest BCUT2D eigenvalue weighted by Gasteiger charge is 1.98. The standard InChI is InChI=1S/C5H12BFN/c1-5(4-8)6-2-3-7/h5H,2-4,8H2,1H3. The maximum Gasteiger partial charge on any atom is 0.118 e. The van der Waals surface area contributed by atoms with Gasteiger partial charge < -0.3 is 5.73 Å². The molecule has 0 aromatic heterocycles. The van der Waals surface area contributed by atoms with E-state index < -0.39 is 0 Å². The van der Waals surface area contributed by atoms with Crippen LogP contribution in [0.25, 0.3) is 0 Å². The molecule has 3 heteroatoms. The summed E-state index contributed by atoms with van der Waals surface area (Å²) in [5, 5.41) is 0. The fraction of sp³-hybridized carbons (Fsp3) is 1.00. The van der Waals surface area contributed by atoms with E-state index in [1.807, 2.05) is 14.2 Å². The molecule has 0 aliphatic heterocycles. The van der Waals surface area contributed by atoms with Gasteiger partial charge in [-0.05, 0) is 6.54 Å². The zero-order chi connectivity index (χ0) is 6.41. The van der Waals surface area contributed by atoms with Crippen LogP contribution in [0.3, 0.4) is 0 Å². The number of hydrogen-bond acceptors (Lipinski definition) is 1. The fourth-order valence-corrected chi connectivity index (χ4v) is 0.444. The Morgan fingerprint density at radius 2 is 2.38 bits per heavy atom. The lowest BCUT2D eigenvalue weighted by Crippen LogP contribution is -2.11.